The van der Waals surface area contributed by atoms with Crippen molar-refractivity contribution in [2.75, 3.05) is 5.32 Å². The molecule has 0 amide bonds. The number of nitrogens with one attached hydrogen (secondary N) is 1. The van der Waals surface area contributed by atoms with Crippen LogP contribution < -0.4 is 5.32 Å². The predicted molar refractivity (Wildman–Crippen MR) is 82.3 cm³/mol. The van der Waals surface area contributed by atoms with Gasteiger partial charge in [-0.15, -0.1) is 0 Å². The van der Waals surface area contributed by atoms with E-state index in [1.807, 2.05) is 24.3 Å². The number of anilines is 2. The van der Waals surface area contributed by atoms with Crippen molar-refractivity contribution >= 4 is 28.1 Å². The van der Waals surface area contributed by atoms with Crippen LogP contribution in [0.25, 0.3) is 11.0 Å². The van der Waals surface area contributed by atoms with Gasteiger partial charge in [0.1, 0.15) is 0 Å². The second-order valence-corrected chi connectivity index (χ2v) is 5.25. The maximum atomic E-state index is 11.0. The Morgan fingerprint density at radius 2 is 1.77 bits per heavy atom. The van der Waals surface area contributed by atoms with E-state index in [0.29, 0.717) is 17.1 Å². The first-order valence-corrected chi connectivity index (χ1v) is 6.83. The Hall–Kier alpha value is -2.96. The molecule has 0 bridgehead atoms. The van der Waals surface area contributed by atoms with Gasteiger partial charge < -0.3 is 5.32 Å². The molecular formula is C15H14N4O3. The van der Waals surface area contributed by atoms with Crippen LogP contribution in [0.3, 0.4) is 0 Å². The molecule has 0 atom stereocenters. The van der Waals surface area contributed by atoms with E-state index in [1.54, 1.807) is 6.07 Å². The fourth-order valence-electron chi connectivity index (χ4n) is 2.21. The van der Waals surface area contributed by atoms with Crippen LogP contribution in [-0.4, -0.2) is 15.2 Å². The van der Waals surface area contributed by atoms with Gasteiger partial charge in [-0.1, -0.05) is 26.0 Å². The van der Waals surface area contributed by atoms with Gasteiger partial charge in [-0.2, -0.15) is 0 Å². The second kappa shape index (κ2) is 5.44. The minimum absolute atomic E-state index is 0.128. The van der Waals surface area contributed by atoms with E-state index in [2.05, 4.69) is 34.1 Å². The third-order valence-corrected chi connectivity index (χ3v) is 3.45. The largest absolute Gasteiger partial charge is 0.354 e. The molecule has 22 heavy (non-hydrogen) atoms. The fraction of sp³-hybridized carbons (Fsp3) is 0.200. The smallest absolute Gasteiger partial charge is 0.300 e. The number of non-ortho nitro benzene ring substituents is 1. The lowest BCUT2D eigenvalue weighted by Crippen LogP contribution is -1.95. The van der Waals surface area contributed by atoms with Gasteiger partial charge in [0.25, 0.3) is 0 Å². The van der Waals surface area contributed by atoms with Crippen molar-refractivity contribution in [3.8, 4) is 0 Å². The highest BCUT2D eigenvalue weighted by Crippen LogP contribution is 2.30. The van der Waals surface area contributed by atoms with Crippen LogP contribution in [0.2, 0.25) is 0 Å². The van der Waals surface area contributed by atoms with Gasteiger partial charge in [0.05, 0.1) is 10.6 Å². The summed E-state index contributed by atoms with van der Waals surface area (Å²) < 4.78 is 4.64. The highest BCUT2D eigenvalue weighted by molar-refractivity contribution is 5.94. The Balaban J connectivity index is 1.96. The van der Waals surface area contributed by atoms with Gasteiger partial charge in [0.15, 0.2) is 5.52 Å². The van der Waals surface area contributed by atoms with Crippen molar-refractivity contribution in [2.45, 2.75) is 19.8 Å². The molecule has 3 rings (SSSR count). The third-order valence-electron chi connectivity index (χ3n) is 3.45. The predicted octanol–water partition coefficient (Wildman–Crippen LogP) is 4.00. The van der Waals surface area contributed by atoms with E-state index in [-0.39, 0.29) is 11.2 Å². The number of rotatable bonds is 4. The van der Waals surface area contributed by atoms with Crippen molar-refractivity contribution in [3.05, 3.63) is 52.1 Å². The van der Waals surface area contributed by atoms with Crippen LogP contribution >= 0.6 is 0 Å². The highest BCUT2D eigenvalue weighted by Gasteiger charge is 2.19. The van der Waals surface area contributed by atoms with Gasteiger partial charge in [-0.25, -0.2) is 4.63 Å². The lowest BCUT2D eigenvalue weighted by Gasteiger charge is -2.09. The molecule has 7 heteroatoms. The first-order valence-electron chi connectivity index (χ1n) is 6.83. The van der Waals surface area contributed by atoms with Gasteiger partial charge in [-0.3, -0.25) is 10.1 Å². The molecule has 0 spiro atoms. The zero-order valence-electron chi connectivity index (χ0n) is 12.1. The van der Waals surface area contributed by atoms with E-state index >= 15 is 0 Å². The lowest BCUT2D eigenvalue weighted by atomic mass is 10.0. The topological polar surface area (TPSA) is 94.1 Å². The van der Waals surface area contributed by atoms with E-state index in [1.165, 1.54) is 11.6 Å². The van der Waals surface area contributed by atoms with Crippen molar-refractivity contribution in [2.24, 2.45) is 0 Å². The number of hydrogen-bond acceptors (Lipinski definition) is 6. The summed E-state index contributed by atoms with van der Waals surface area (Å²) in [5.41, 5.74) is 3.05. The number of fused-ring (bicyclic) bond motifs is 1. The zero-order chi connectivity index (χ0) is 15.7. The zero-order valence-corrected chi connectivity index (χ0v) is 12.1. The summed E-state index contributed by atoms with van der Waals surface area (Å²) in [5.74, 6) is 0.458. The Bertz CT molecular complexity index is 824. The summed E-state index contributed by atoms with van der Waals surface area (Å²) in [7, 11) is 0. The van der Waals surface area contributed by atoms with Gasteiger partial charge >= 0.3 is 5.69 Å². The molecule has 0 aliphatic heterocycles. The Morgan fingerprint density at radius 1 is 1.09 bits per heavy atom. The number of benzene rings is 2. The van der Waals surface area contributed by atoms with Gasteiger partial charge in [-0.05, 0) is 40.0 Å². The summed E-state index contributed by atoms with van der Waals surface area (Å²) in [5, 5.41) is 21.5. The van der Waals surface area contributed by atoms with E-state index in [0.717, 1.165) is 5.69 Å². The molecule has 0 aliphatic carbocycles. The van der Waals surface area contributed by atoms with Crippen molar-refractivity contribution in [1.29, 1.82) is 0 Å². The number of nitro groups is 1. The quantitative estimate of drug-likeness (QED) is 0.578. The molecule has 112 valence electrons. The minimum Gasteiger partial charge on any atom is -0.354 e. The monoisotopic (exact) mass is 298 g/mol. The molecule has 7 nitrogen and oxygen atoms in total. The molecule has 1 heterocycles. The molecule has 2 aromatic carbocycles. The maximum Gasteiger partial charge on any atom is 0.300 e. The third kappa shape index (κ3) is 2.48. The molecular weight excluding hydrogens is 284 g/mol. The van der Waals surface area contributed by atoms with Crippen molar-refractivity contribution in [1.82, 2.24) is 10.3 Å². The first kappa shape index (κ1) is 14.0. The Kier molecular flexibility index (Phi) is 3.46. The van der Waals surface area contributed by atoms with Crippen LogP contribution in [0.5, 0.6) is 0 Å². The normalized spacial score (nSPS) is 11.0. The first-order chi connectivity index (χ1) is 10.6. The van der Waals surface area contributed by atoms with Crippen molar-refractivity contribution in [3.63, 3.8) is 0 Å². The fourth-order valence-corrected chi connectivity index (χ4v) is 2.21. The summed E-state index contributed by atoms with van der Waals surface area (Å²) in [6, 6.07) is 11.0. The number of nitrogens with zero attached hydrogens (tertiary/aromatic N) is 3. The Labute approximate surface area is 126 Å². The molecule has 0 radical (unpaired) electrons. The second-order valence-electron chi connectivity index (χ2n) is 5.25. The van der Waals surface area contributed by atoms with Gasteiger partial charge in [0, 0.05) is 11.8 Å². The lowest BCUT2D eigenvalue weighted by molar-refractivity contribution is -0.383. The molecule has 1 N–H and O–H groups in total. The maximum absolute atomic E-state index is 11.0. The average molecular weight is 298 g/mol. The van der Waals surface area contributed by atoms with Crippen LogP contribution in [-0.2, 0) is 0 Å². The summed E-state index contributed by atoms with van der Waals surface area (Å²) in [6.45, 7) is 4.26. The summed E-state index contributed by atoms with van der Waals surface area (Å²) in [4.78, 5) is 10.5. The standard InChI is InChI=1S/C15H14N4O3/c1-9(2)10-3-5-11(6-4-10)16-12-7-8-13(19(20)21)15-14(12)17-22-18-15/h3-9,16H,1-2H3. The van der Waals surface area contributed by atoms with Crippen LogP contribution in [0, 0.1) is 10.1 Å². The average Bonchev–Trinajstić information content (AvgIpc) is 2.97. The van der Waals surface area contributed by atoms with E-state index < -0.39 is 4.92 Å². The molecule has 3 aromatic rings. The molecule has 0 aliphatic rings. The molecule has 0 fully saturated rings. The molecule has 1 aromatic heterocycles. The van der Waals surface area contributed by atoms with Crippen molar-refractivity contribution < 1.29 is 9.55 Å². The summed E-state index contributed by atoms with van der Waals surface area (Å²) >= 11 is 0. The number of nitro benzene ring substituents is 1. The Morgan fingerprint density at radius 3 is 2.41 bits per heavy atom. The van der Waals surface area contributed by atoms with Crippen LogP contribution in [0.15, 0.2) is 41.0 Å². The molecule has 0 unspecified atom stereocenters. The number of aromatic nitrogens is 2. The van der Waals surface area contributed by atoms with Gasteiger partial charge in [0.2, 0.25) is 5.52 Å². The molecule has 0 saturated carbocycles. The summed E-state index contributed by atoms with van der Waals surface area (Å²) in [6.07, 6.45) is 0. The van der Waals surface area contributed by atoms with Crippen LogP contribution in [0.4, 0.5) is 17.1 Å². The SMILES string of the molecule is CC(C)c1ccc(Nc2ccc([N+](=O)[O-])c3nonc23)cc1. The van der Waals surface area contributed by atoms with E-state index in [4.69, 9.17) is 0 Å². The molecule has 0 saturated heterocycles. The minimum atomic E-state index is -0.506. The number of hydrogen-bond donors (Lipinski definition) is 1. The van der Waals surface area contributed by atoms with E-state index in [9.17, 15) is 10.1 Å². The van der Waals surface area contributed by atoms with Crippen LogP contribution in [0.1, 0.15) is 25.3 Å². The highest BCUT2D eigenvalue weighted by atomic mass is 16.6.